The lowest BCUT2D eigenvalue weighted by Gasteiger charge is -2.22. The van der Waals surface area contributed by atoms with E-state index in [2.05, 4.69) is 193 Å². The molecule has 0 amide bonds. The first kappa shape index (κ1) is 30.3. The Labute approximate surface area is 322 Å². The third-order valence-corrected chi connectivity index (χ3v) is 12.8. The fourth-order valence-electron chi connectivity index (χ4n) is 10.3. The van der Waals surface area contributed by atoms with Crippen LogP contribution < -0.4 is 0 Å². The minimum Gasteiger partial charge on any atom is -0.456 e. The standard InChI is InChI=1S/C53H34N2O/c1-53(2)45-29-33-25-35(54-46-15-7-3-11-37(46)38-12-4-8-16-47(38)54)21-19-31(33)27-43(45)41-23-24-42-44-28-32-20-22-36(26-34(32)30-50(44)56-52(42)51(41)53)55-48-17-9-5-13-39(48)40-14-6-10-18-49(40)55/h3-30H,1-2H3. The molecule has 0 N–H and O–H groups in total. The number of para-hydroxylation sites is 4. The molecule has 0 fully saturated rings. The summed E-state index contributed by atoms with van der Waals surface area (Å²) in [6.07, 6.45) is 0. The van der Waals surface area contributed by atoms with Crippen LogP contribution >= 0.6 is 0 Å². The van der Waals surface area contributed by atoms with Gasteiger partial charge >= 0.3 is 0 Å². The Bertz CT molecular complexity index is 3580. The van der Waals surface area contributed by atoms with Crippen molar-refractivity contribution in [3.05, 3.63) is 181 Å². The molecule has 56 heavy (non-hydrogen) atoms. The number of hydrogen-bond donors (Lipinski definition) is 0. The van der Waals surface area contributed by atoms with Crippen LogP contribution in [0.15, 0.2) is 174 Å². The molecule has 0 spiro atoms. The number of furan rings is 1. The van der Waals surface area contributed by atoms with E-state index < -0.39 is 0 Å². The quantitative estimate of drug-likeness (QED) is 0.175. The van der Waals surface area contributed by atoms with Crippen molar-refractivity contribution in [3.8, 4) is 22.5 Å². The predicted molar refractivity (Wildman–Crippen MR) is 235 cm³/mol. The van der Waals surface area contributed by atoms with Crippen LogP contribution in [0.5, 0.6) is 0 Å². The summed E-state index contributed by atoms with van der Waals surface area (Å²) < 4.78 is 11.8. The molecule has 262 valence electrons. The zero-order valence-electron chi connectivity index (χ0n) is 31.0. The monoisotopic (exact) mass is 714 g/mol. The zero-order valence-corrected chi connectivity index (χ0v) is 31.0. The van der Waals surface area contributed by atoms with Crippen LogP contribution in [0.4, 0.5) is 0 Å². The maximum Gasteiger partial charge on any atom is 0.140 e. The molecule has 0 aliphatic heterocycles. The van der Waals surface area contributed by atoms with Crippen molar-refractivity contribution in [2.45, 2.75) is 19.3 Å². The molecular weight excluding hydrogens is 681 g/mol. The summed E-state index contributed by atoms with van der Waals surface area (Å²) in [6, 6.07) is 62.6. The van der Waals surface area contributed by atoms with E-state index in [1.807, 2.05) is 0 Å². The Balaban J connectivity index is 0.964. The molecule has 0 saturated heterocycles. The van der Waals surface area contributed by atoms with Gasteiger partial charge in [0.15, 0.2) is 0 Å². The van der Waals surface area contributed by atoms with Gasteiger partial charge in [0.05, 0.1) is 22.1 Å². The van der Waals surface area contributed by atoms with Gasteiger partial charge in [0.1, 0.15) is 11.2 Å². The van der Waals surface area contributed by atoms with Crippen molar-refractivity contribution in [2.24, 2.45) is 0 Å². The number of hydrogen-bond acceptors (Lipinski definition) is 1. The van der Waals surface area contributed by atoms with Gasteiger partial charge in [-0.3, -0.25) is 0 Å². The molecular formula is C53H34N2O. The van der Waals surface area contributed by atoms with E-state index in [0.29, 0.717) is 0 Å². The van der Waals surface area contributed by atoms with Gasteiger partial charge in [0.2, 0.25) is 0 Å². The average molecular weight is 715 g/mol. The molecule has 1 aliphatic rings. The molecule has 9 aromatic carbocycles. The maximum absolute atomic E-state index is 6.98. The highest BCUT2D eigenvalue weighted by Crippen LogP contribution is 2.54. The summed E-state index contributed by atoms with van der Waals surface area (Å²) in [5.41, 5.74) is 14.0. The normalized spacial score (nSPS) is 13.7. The fraction of sp³-hybridized carbons (Fsp3) is 0.0566. The predicted octanol–water partition coefficient (Wildman–Crippen LogP) is 14.4. The minimum atomic E-state index is -0.252. The van der Waals surface area contributed by atoms with Gasteiger partial charge < -0.3 is 13.6 Å². The van der Waals surface area contributed by atoms with Gasteiger partial charge in [0.25, 0.3) is 0 Å². The van der Waals surface area contributed by atoms with Gasteiger partial charge in [-0.15, -0.1) is 0 Å². The van der Waals surface area contributed by atoms with Crippen LogP contribution in [0.1, 0.15) is 25.0 Å². The molecule has 3 aromatic heterocycles. The van der Waals surface area contributed by atoms with Crippen LogP contribution in [0.25, 0.3) is 110 Å². The smallest absolute Gasteiger partial charge is 0.140 e. The van der Waals surface area contributed by atoms with Gasteiger partial charge in [-0.1, -0.05) is 105 Å². The van der Waals surface area contributed by atoms with E-state index in [9.17, 15) is 0 Å². The minimum absolute atomic E-state index is 0.252. The Morgan fingerprint density at radius 3 is 1.45 bits per heavy atom. The van der Waals surface area contributed by atoms with Crippen molar-refractivity contribution in [2.75, 3.05) is 0 Å². The maximum atomic E-state index is 6.98. The summed E-state index contributed by atoms with van der Waals surface area (Å²) in [5.74, 6) is 0. The topological polar surface area (TPSA) is 23.0 Å². The van der Waals surface area contributed by atoms with Crippen LogP contribution in [-0.4, -0.2) is 9.13 Å². The van der Waals surface area contributed by atoms with E-state index in [0.717, 1.165) is 22.2 Å². The molecule has 0 unspecified atom stereocenters. The lowest BCUT2D eigenvalue weighted by molar-refractivity contribution is 0.620. The zero-order chi connectivity index (χ0) is 36.9. The second-order valence-corrected chi connectivity index (χ2v) is 16.1. The summed E-state index contributed by atoms with van der Waals surface area (Å²) in [5, 5.41) is 12.3. The number of aromatic nitrogens is 2. The fourth-order valence-corrected chi connectivity index (χ4v) is 10.3. The van der Waals surface area contributed by atoms with Crippen LogP contribution in [-0.2, 0) is 5.41 Å². The van der Waals surface area contributed by atoms with E-state index in [4.69, 9.17) is 4.42 Å². The summed E-state index contributed by atoms with van der Waals surface area (Å²) in [7, 11) is 0. The number of nitrogens with zero attached hydrogens (tertiary/aromatic N) is 2. The first-order valence-electron chi connectivity index (χ1n) is 19.5. The van der Waals surface area contributed by atoms with E-state index in [1.54, 1.807) is 0 Å². The first-order valence-corrected chi connectivity index (χ1v) is 19.5. The molecule has 0 atom stereocenters. The second kappa shape index (κ2) is 10.6. The first-order chi connectivity index (χ1) is 27.5. The Kier molecular flexibility index (Phi) is 5.70. The molecule has 3 nitrogen and oxygen atoms in total. The highest BCUT2D eigenvalue weighted by Gasteiger charge is 2.39. The molecule has 1 aliphatic carbocycles. The van der Waals surface area contributed by atoms with Gasteiger partial charge in [-0.25, -0.2) is 0 Å². The lowest BCUT2D eigenvalue weighted by atomic mass is 9.81. The van der Waals surface area contributed by atoms with Crippen LogP contribution in [0, 0.1) is 0 Å². The lowest BCUT2D eigenvalue weighted by Crippen LogP contribution is -2.15. The van der Waals surface area contributed by atoms with Crippen molar-refractivity contribution < 1.29 is 4.42 Å². The van der Waals surface area contributed by atoms with Gasteiger partial charge in [0, 0.05) is 54.7 Å². The highest BCUT2D eigenvalue weighted by atomic mass is 16.3. The molecule has 0 saturated carbocycles. The third kappa shape index (κ3) is 3.86. The van der Waals surface area contributed by atoms with Crippen molar-refractivity contribution in [3.63, 3.8) is 0 Å². The molecule has 0 bridgehead atoms. The molecule has 3 heterocycles. The molecule has 12 aromatic rings. The Hall–Kier alpha value is -7.10. The number of rotatable bonds is 2. The van der Waals surface area contributed by atoms with Gasteiger partial charge in [-0.2, -0.15) is 0 Å². The van der Waals surface area contributed by atoms with E-state index >= 15 is 0 Å². The van der Waals surface area contributed by atoms with E-state index in [-0.39, 0.29) is 5.41 Å². The summed E-state index contributed by atoms with van der Waals surface area (Å²) in [6.45, 7) is 4.73. The van der Waals surface area contributed by atoms with Crippen molar-refractivity contribution >= 4 is 87.1 Å². The average Bonchev–Trinajstić information content (AvgIpc) is 3.94. The second-order valence-electron chi connectivity index (χ2n) is 16.1. The Morgan fingerprint density at radius 2 is 0.893 bits per heavy atom. The van der Waals surface area contributed by atoms with Crippen molar-refractivity contribution in [1.82, 2.24) is 9.13 Å². The van der Waals surface area contributed by atoms with E-state index in [1.165, 1.54) is 98.5 Å². The Morgan fingerprint density at radius 1 is 0.393 bits per heavy atom. The van der Waals surface area contributed by atoms with Crippen molar-refractivity contribution in [1.29, 1.82) is 0 Å². The van der Waals surface area contributed by atoms with Gasteiger partial charge in [-0.05, 0) is 117 Å². The van der Waals surface area contributed by atoms with Crippen LogP contribution in [0.3, 0.4) is 0 Å². The largest absolute Gasteiger partial charge is 0.456 e. The summed E-state index contributed by atoms with van der Waals surface area (Å²) in [4.78, 5) is 0. The SMILES string of the molecule is CC1(C)c2cc3cc(-n4c5ccccc5c5ccccc54)ccc3cc2-c2ccc3c(oc4cc5cc(-n6c7ccccc7c7ccccc76)ccc5cc43)c21. The number of fused-ring (bicyclic) bond motifs is 15. The highest BCUT2D eigenvalue weighted by molar-refractivity contribution is 6.14. The third-order valence-electron chi connectivity index (χ3n) is 12.8. The molecule has 3 heteroatoms. The molecule has 13 rings (SSSR count). The van der Waals surface area contributed by atoms with Crippen LogP contribution in [0.2, 0.25) is 0 Å². The number of benzene rings is 9. The molecule has 0 radical (unpaired) electrons. The summed E-state index contributed by atoms with van der Waals surface area (Å²) >= 11 is 0.